The minimum atomic E-state index is -0.616. The van der Waals surface area contributed by atoms with E-state index < -0.39 is 6.10 Å². The quantitative estimate of drug-likeness (QED) is 0.668. The first-order chi connectivity index (χ1) is 14.2. The van der Waals surface area contributed by atoms with Crippen molar-refractivity contribution in [2.24, 2.45) is 0 Å². The number of hydrogen-bond donors (Lipinski definition) is 2. The van der Waals surface area contributed by atoms with Gasteiger partial charge in [0.1, 0.15) is 18.3 Å². The van der Waals surface area contributed by atoms with Crippen LogP contribution in [-0.2, 0) is 22.4 Å². The monoisotopic (exact) mass is 417 g/mol. The maximum Gasteiger partial charge on any atom is 0.296 e. The summed E-state index contributed by atoms with van der Waals surface area (Å²) in [6.45, 7) is 1.52. The summed E-state index contributed by atoms with van der Waals surface area (Å²) in [5.41, 5.74) is 4.04. The number of rotatable bonds is 3. The molecule has 0 radical (unpaired) electrons. The number of hydrogen-bond acceptors (Lipinski definition) is 7. The Balaban J connectivity index is 1.31. The Morgan fingerprint density at radius 1 is 1.21 bits per heavy atom. The predicted octanol–water partition coefficient (Wildman–Crippen LogP) is 1.72. The summed E-state index contributed by atoms with van der Waals surface area (Å²) in [4.78, 5) is 12.3. The zero-order valence-corrected chi connectivity index (χ0v) is 16.3. The minimum absolute atomic E-state index is 0.256. The number of nitrogens with zero attached hydrogens (tertiary/aromatic N) is 4. The smallest absolute Gasteiger partial charge is 0.296 e. The van der Waals surface area contributed by atoms with Crippen LogP contribution in [0, 0.1) is 0 Å². The van der Waals surface area contributed by atoms with Gasteiger partial charge in [0.25, 0.3) is 6.01 Å². The number of H-pyrrole nitrogens is 1. The van der Waals surface area contributed by atoms with Crippen molar-refractivity contribution in [2.45, 2.75) is 50.2 Å². The van der Waals surface area contributed by atoms with Crippen LogP contribution in [0.15, 0.2) is 12.3 Å². The number of aromatic nitrogens is 5. The number of aromatic amines is 1. The molecule has 6 heterocycles. The molecule has 152 valence electrons. The highest BCUT2D eigenvalue weighted by atomic mass is 35.5. The van der Waals surface area contributed by atoms with Gasteiger partial charge < -0.3 is 24.3 Å². The zero-order valence-electron chi connectivity index (χ0n) is 15.5. The lowest BCUT2D eigenvalue weighted by Crippen LogP contribution is -2.34. The molecule has 10 heteroatoms. The van der Waals surface area contributed by atoms with E-state index in [0.29, 0.717) is 34.5 Å². The molecule has 0 spiro atoms. The van der Waals surface area contributed by atoms with Gasteiger partial charge in [-0.2, -0.15) is 10.1 Å². The second-order valence-electron chi connectivity index (χ2n) is 7.74. The Kier molecular flexibility index (Phi) is 4.05. The summed E-state index contributed by atoms with van der Waals surface area (Å²) in [6.07, 6.45) is 3.48. The van der Waals surface area contributed by atoms with Gasteiger partial charge in [-0.05, 0) is 25.3 Å². The molecule has 2 N–H and O–H groups in total. The number of ether oxygens (including phenoxy) is 3. The highest BCUT2D eigenvalue weighted by Gasteiger charge is 2.48. The SMILES string of the molecule is O[C@@H]1CO[C@H]2[C@@H]1OC[C@H]2Oc1nc2nc(-c3cnn4c3CCCC4)c(Cl)cc2[nH]1. The van der Waals surface area contributed by atoms with Crippen molar-refractivity contribution < 1.29 is 19.3 Å². The van der Waals surface area contributed by atoms with E-state index in [0.717, 1.165) is 31.4 Å². The Labute approximate surface area is 170 Å². The van der Waals surface area contributed by atoms with Gasteiger partial charge in [-0.1, -0.05) is 11.6 Å². The van der Waals surface area contributed by atoms with Gasteiger partial charge in [-0.3, -0.25) is 4.68 Å². The van der Waals surface area contributed by atoms with Crippen LogP contribution in [0.3, 0.4) is 0 Å². The molecular formula is C19H20ClN5O4. The fraction of sp³-hybridized carbons (Fsp3) is 0.526. The van der Waals surface area contributed by atoms with E-state index in [-0.39, 0.29) is 24.9 Å². The van der Waals surface area contributed by atoms with E-state index >= 15 is 0 Å². The van der Waals surface area contributed by atoms with Gasteiger partial charge in [-0.15, -0.1) is 0 Å². The minimum Gasteiger partial charge on any atom is -0.456 e. The maximum atomic E-state index is 9.87. The molecule has 2 saturated heterocycles. The van der Waals surface area contributed by atoms with Crippen LogP contribution in [0.5, 0.6) is 6.01 Å². The van der Waals surface area contributed by atoms with E-state index in [4.69, 9.17) is 25.8 Å². The van der Waals surface area contributed by atoms with Gasteiger partial charge in [0.05, 0.1) is 35.6 Å². The van der Waals surface area contributed by atoms with Crippen molar-refractivity contribution in [3.8, 4) is 17.3 Å². The summed E-state index contributed by atoms with van der Waals surface area (Å²) in [7, 11) is 0. The third-order valence-corrected chi connectivity index (χ3v) is 6.18. The normalized spacial score (nSPS) is 28.6. The van der Waals surface area contributed by atoms with Crippen molar-refractivity contribution >= 4 is 22.8 Å². The first kappa shape index (κ1) is 17.6. The Bertz CT molecular complexity index is 1080. The zero-order chi connectivity index (χ0) is 19.5. The molecule has 3 aliphatic heterocycles. The average molecular weight is 418 g/mol. The van der Waals surface area contributed by atoms with E-state index in [2.05, 4.69) is 20.1 Å². The van der Waals surface area contributed by atoms with Crippen LogP contribution in [-0.4, -0.2) is 67.5 Å². The third-order valence-electron chi connectivity index (χ3n) is 5.89. The molecular weight excluding hydrogens is 398 g/mol. The highest BCUT2D eigenvalue weighted by molar-refractivity contribution is 6.33. The number of nitrogens with one attached hydrogen (secondary N) is 1. The van der Waals surface area contributed by atoms with Crippen LogP contribution in [0.25, 0.3) is 22.4 Å². The summed E-state index contributed by atoms with van der Waals surface area (Å²) >= 11 is 6.55. The standard InChI is InChI=1S/C19H20ClN5O4/c20-10-5-11-18(23-15(10)9-6-21-25-4-2-1-3-12(9)25)24-19(22-11)29-14-8-28-16-13(26)7-27-17(14)16/h5-6,13-14,16-17,26H,1-4,7-8H2,(H,22,23,24)/t13-,14-,16-,17-/m1/s1. The van der Waals surface area contributed by atoms with E-state index in [1.165, 1.54) is 5.69 Å². The number of pyridine rings is 1. The van der Waals surface area contributed by atoms with Gasteiger partial charge >= 0.3 is 0 Å². The van der Waals surface area contributed by atoms with Crippen LogP contribution < -0.4 is 4.74 Å². The summed E-state index contributed by atoms with van der Waals surface area (Å²) in [5.74, 6) is 0. The van der Waals surface area contributed by atoms with Crippen molar-refractivity contribution in [3.63, 3.8) is 0 Å². The largest absolute Gasteiger partial charge is 0.456 e. The lowest BCUT2D eigenvalue weighted by Gasteiger charge is -2.15. The Morgan fingerprint density at radius 2 is 2.10 bits per heavy atom. The molecule has 3 aromatic rings. The highest BCUT2D eigenvalue weighted by Crippen LogP contribution is 2.34. The molecule has 0 amide bonds. The molecule has 29 heavy (non-hydrogen) atoms. The predicted molar refractivity (Wildman–Crippen MR) is 103 cm³/mol. The molecule has 0 aromatic carbocycles. The van der Waals surface area contributed by atoms with Crippen LogP contribution in [0.1, 0.15) is 18.5 Å². The van der Waals surface area contributed by atoms with Gasteiger partial charge in [0.2, 0.25) is 0 Å². The summed E-state index contributed by atoms with van der Waals surface area (Å²) < 4.78 is 19.2. The second kappa shape index (κ2) is 6.66. The maximum absolute atomic E-state index is 9.87. The number of aliphatic hydroxyl groups excluding tert-OH is 1. The molecule has 9 nitrogen and oxygen atoms in total. The van der Waals surface area contributed by atoms with E-state index in [1.807, 2.05) is 16.9 Å². The van der Waals surface area contributed by atoms with Crippen LogP contribution in [0.4, 0.5) is 0 Å². The molecule has 0 saturated carbocycles. The van der Waals surface area contributed by atoms with Gasteiger partial charge in [0.15, 0.2) is 11.8 Å². The van der Waals surface area contributed by atoms with Gasteiger partial charge in [0, 0.05) is 17.8 Å². The number of imidazole rings is 1. The lowest BCUT2D eigenvalue weighted by atomic mass is 10.0. The first-order valence-corrected chi connectivity index (χ1v) is 10.2. The van der Waals surface area contributed by atoms with Crippen molar-refractivity contribution in [3.05, 3.63) is 23.0 Å². The lowest BCUT2D eigenvalue weighted by molar-refractivity contribution is 0.00706. The molecule has 0 bridgehead atoms. The van der Waals surface area contributed by atoms with Crippen LogP contribution >= 0.6 is 11.6 Å². The average Bonchev–Trinajstić information content (AvgIpc) is 3.47. The third kappa shape index (κ3) is 2.83. The molecule has 2 fully saturated rings. The summed E-state index contributed by atoms with van der Waals surface area (Å²) in [5, 5.41) is 14.9. The topological polar surface area (TPSA) is 107 Å². The van der Waals surface area contributed by atoms with Gasteiger partial charge in [-0.25, -0.2) is 4.98 Å². The van der Waals surface area contributed by atoms with E-state index in [9.17, 15) is 5.11 Å². The molecule has 4 atom stereocenters. The Hall–Kier alpha value is -2.20. The number of halogens is 1. The number of aliphatic hydroxyl groups is 1. The van der Waals surface area contributed by atoms with E-state index in [1.54, 1.807) is 0 Å². The van der Waals surface area contributed by atoms with Crippen LogP contribution in [0.2, 0.25) is 5.02 Å². The first-order valence-electron chi connectivity index (χ1n) is 9.86. The molecule has 0 unspecified atom stereocenters. The fourth-order valence-corrected chi connectivity index (χ4v) is 4.70. The molecule has 3 aromatic heterocycles. The Morgan fingerprint density at radius 3 is 3.03 bits per heavy atom. The van der Waals surface area contributed by atoms with Crippen molar-refractivity contribution in [1.82, 2.24) is 24.7 Å². The summed E-state index contributed by atoms with van der Waals surface area (Å²) in [6, 6.07) is 2.15. The molecule has 6 rings (SSSR count). The number of aryl methyl sites for hydroxylation is 1. The van der Waals surface area contributed by atoms with Crippen molar-refractivity contribution in [2.75, 3.05) is 13.2 Å². The fourth-order valence-electron chi connectivity index (χ4n) is 4.45. The molecule has 0 aliphatic carbocycles. The number of fused-ring (bicyclic) bond motifs is 3. The second-order valence-corrected chi connectivity index (χ2v) is 8.14. The molecule has 3 aliphatic rings. The van der Waals surface area contributed by atoms with Crippen molar-refractivity contribution in [1.29, 1.82) is 0 Å².